The molecule has 0 aliphatic rings. The topological polar surface area (TPSA) is 86.8 Å². The molecule has 3 aromatic carbocycles. The number of nitrogens with one attached hydrogen (secondary N) is 1. The molecule has 0 aliphatic heterocycles. The fraction of sp³-hybridized carbons (Fsp3) is 0.286. The molecular formula is C28H31ClFN3O4S. The highest BCUT2D eigenvalue weighted by atomic mass is 35.5. The van der Waals surface area contributed by atoms with Gasteiger partial charge in [-0.2, -0.15) is 0 Å². The number of amides is 2. The number of benzene rings is 3. The Bertz CT molecular complexity index is 1340. The van der Waals surface area contributed by atoms with E-state index < -0.39 is 34.3 Å². The monoisotopic (exact) mass is 559 g/mol. The Balaban J connectivity index is 2.03. The highest BCUT2D eigenvalue weighted by Crippen LogP contribution is 2.25. The minimum absolute atomic E-state index is 0.0435. The smallest absolute Gasteiger partial charge is 0.244 e. The zero-order chi connectivity index (χ0) is 27.7. The van der Waals surface area contributed by atoms with Gasteiger partial charge in [0.2, 0.25) is 21.8 Å². The molecule has 0 saturated carbocycles. The minimum Gasteiger partial charge on any atom is -0.354 e. The van der Waals surface area contributed by atoms with Gasteiger partial charge in [0.1, 0.15) is 18.4 Å². The molecule has 38 heavy (non-hydrogen) atoms. The Hall–Kier alpha value is -3.43. The van der Waals surface area contributed by atoms with Crippen molar-refractivity contribution >= 4 is 39.1 Å². The molecule has 0 bridgehead atoms. The maximum absolute atomic E-state index is 13.9. The fourth-order valence-electron chi connectivity index (χ4n) is 3.95. The standard InChI is InChI=1S/C28H31ClFN3O4S/c1-3-16-31-28(35)26(17-21-10-6-4-7-11-21)32(19-22-12-8-5-9-13-22)27(34)20-33(38(2,36)37)23-14-15-25(30)24(29)18-23/h4-15,18,26H,3,16-17,19-20H2,1-2H3,(H,31,35). The quantitative estimate of drug-likeness (QED) is 0.356. The van der Waals surface area contributed by atoms with Crippen LogP contribution < -0.4 is 9.62 Å². The molecule has 202 valence electrons. The molecule has 0 spiro atoms. The van der Waals surface area contributed by atoms with Gasteiger partial charge in [-0.25, -0.2) is 12.8 Å². The summed E-state index contributed by atoms with van der Waals surface area (Å²) < 4.78 is 40.1. The highest BCUT2D eigenvalue weighted by Gasteiger charge is 2.33. The summed E-state index contributed by atoms with van der Waals surface area (Å²) in [5.74, 6) is -1.64. The van der Waals surface area contributed by atoms with E-state index in [0.29, 0.717) is 13.0 Å². The van der Waals surface area contributed by atoms with Crippen LogP contribution in [0.25, 0.3) is 0 Å². The van der Waals surface area contributed by atoms with Crippen LogP contribution in [0.15, 0.2) is 78.9 Å². The van der Waals surface area contributed by atoms with E-state index in [1.54, 1.807) is 0 Å². The average molecular weight is 560 g/mol. The third-order valence-corrected chi connectivity index (χ3v) is 7.32. The molecule has 0 saturated heterocycles. The highest BCUT2D eigenvalue weighted by molar-refractivity contribution is 7.92. The van der Waals surface area contributed by atoms with Crippen LogP contribution in [-0.4, -0.2) is 50.5 Å². The van der Waals surface area contributed by atoms with Gasteiger partial charge in [-0.3, -0.25) is 13.9 Å². The summed E-state index contributed by atoms with van der Waals surface area (Å²) in [5.41, 5.74) is 1.67. The first-order valence-corrected chi connectivity index (χ1v) is 14.4. The SMILES string of the molecule is CCCNC(=O)C(Cc1ccccc1)N(Cc1ccccc1)C(=O)CN(c1ccc(F)c(Cl)c1)S(C)(=O)=O. The van der Waals surface area contributed by atoms with Crippen LogP contribution in [0, 0.1) is 5.82 Å². The van der Waals surface area contributed by atoms with E-state index in [1.807, 2.05) is 67.6 Å². The average Bonchev–Trinajstić information content (AvgIpc) is 2.90. The number of halogens is 2. The van der Waals surface area contributed by atoms with Crippen LogP contribution >= 0.6 is 11.6 Å². The Morgan fingerprint density at radius 2 is 1.58 bits per heavy atom. The number of hydrogen-bond donors (Lipinski definition) is 1. The van der Waals surface area contributed by atoms with Crippen molar-refractivity contribution in [2.45, 2.75) is 32.4 Å². The van der Waals surface area contributed by atoms with Gasteiger partial charge < -0.3 is 10.2 Å². The van der Waals surface area contributed by atoms with E-state index in [4.69, 9.17) is 11.6 Å². The Kier molecular flexibility index (Phi) is 10.3. The molecule has 0 fully saturated rings. The van der Waals surface area contributed by atoms with Crippen LogP contribution in [0.2, 0.25) is 5.02 Å². The van der Waals surface area contributed by atoms with E-state index in [2.05, 4.69) is 5.32 Å². The third kappa shape index (κ3) is 8.03. The van der Waals surface area contributed by atoms with E-state index in [1.165, 1.54) is 11.0 Å². The summed E-state index contributed by atoms with van der Waals surface area (Å²) in [5, 5.41) is 2.61. The number of carbonyl (C=O) groups is 2. The van der Waals surface area contributed by atoms with Crippen molar-refractivity contribution in [3.05, 3.63) is 101 Å². The second kappa shape index (κ2) is 13.4. The van der Waals surface area contributed by atoms with Gasteiger partial charge >= 0.3 is 0 Å². The first-order valence-electron chi connectivity index (χ1n) is 12.2. The number of hydrogen-bond acceptors (Lipinski definition) is 4. The number of carbonyl (C=O) groups excluding carboxylic acids is 2. The van der Waals surface area contributed by atoms with E-state index in [0.717, 1.165) is 33.8 Å². The molecule has 1 unspecified atom stereocenters. The maximum atomic E-state index is 13.9. The molecular weight excluding hydrogens is 529 g/mol. The zero-order valence-corrected chi connectivity index (χ0v) is 22.9. The molecule has 0 aliphatic carbocycles. The van der Waals surface area contributed by atoms with Crippen molar-refractivity contribution in [3.63, 3.8) is 0 Å². The van der Waals surface area contributed by atoms with Crippen LogP contribution in [-0.2, 0) is 32.6 Å². The van der Waals surface area contributed by atoms with E-state index in [9.17, 15) is 22.4 Å². The molecule has 7 nitrogen and oxygen atoms in total. The third-order valence-electron chi connectivity index (χ3n) is 5.89. The van der Waals surface area contributed by atoms with Crippen LogP contribution in [0.5, 0.6) is 0 Å². The molecule has 3 rings (SSSR count). The molecule has 3 aromatic rings. The van der Waals surface area contributed by atoms with Crippen molar-refractivity contribution in [1.82, 2.24) is 10.2 Å². The maximum Gasteiger partial charge on any atom is 0.244 e. The number of rotatable bonds is 12. The Labute approximate surface area is 228 Å². The number of nitrogens with zero attached hydrogens (tertiary/aromatic N) is 2. The molecule has 0 radical (unpaired) electrons. The second-order valence-corrected chi connectivity index (χ2v) is 11.2. The first kappa shape index (κ1) is 29.1. The summed E-state index contributed by atoms with van der Waals surface area (Å²) in [6, 6.07) is 21.0. The summed E-state index contributed by atoms with van der Waals surface area (Å²) in [6.45, 7) is 1.84. The number of anilines is 1. The van der Waals surface area contributed by atoms with Gasteiger partial charge in [-0.1, -0.05) is 79.2 Å². The van der Waals surface area contributed by atoms with Crippen molar-refractivity contribution in [2.24, 2.45) is 0 Å². The molecule has 0 aromatic heterocycles. The van der Waals surface area contributed by atoms with Crippen LogP contribution in [0.3, 0.4) is 0 Å². The lowest BCUT2D eigenvalue weighted by atomic mass is 10.0. The predicted octanol–water partition coefficient (Wildman–Crippen LogP) is 4.41. The lowest BCUT2D eigenvalue weighted by Gasteiger charge is -2.33. The number of sulfonamides is 1. The zero-order valence-electron chi connectivity index (χ0n) is 21.3. The molecule has 2 amide bonds. The normalized spacial score (nSPS) is 12.0. The van der Waals surface area contributed by atoms with Crippen molar-refractivity contribution in [1.29, 1.82) is 0 Å². The summed E-state index contributed by atoms with van der Waals surface area (Å²) in [7, 11) is -3.96. The second-order valence-electron chi connectivity index (χ2n) is 8.87. The predicted molar refractivity (Wildman–Crippen MR) is 148 cm³/mol. The van der Waals surface area contributed by atoms with Crippen molar-refractivity contribution in [2.75, 3.05) is 23.7 Å². The lowest BCUT2D eigenvalue weighted by molar-refractivity contribution is -0.140. The lowest BCUT2D eigenvalue weighted by Crippen LogP contribution is -2.53. The Morgan fingerprint density at radius 1 is 0.974 bits per heavy atom. The summed E-state index contributed by atoms with van der Waals surface area (Å²) >= 11 is 5.90. The molecule has 10 heteroatoms. The van der Waals surface area contributed by atoms with Gasteiger partial charge in [-0.15, -0.1) is 0 Å². The van der Waals surface area contributed by atoms with Crippen LogP contribution in [0.1, 0.15) is 24.5 Å². The summed E-state index contributed by atoms with van der Waals surface area (Å²) in [6.07, 6.45) is 1.90. The first-order chi connectivity index (χ1) is 18.1. The molecule has 1 N–H and O–H groups in total. The van der Waals surface area contributed by atoms with Gasteiger partial charge in [0.15, 0.2) is 0 Å². The van der Waals surface area contributed by atoms with Gasteiger partial charge in [-0.05, 0) is 35.7 Å². The van der Waals surface area contributed by atoms with Gasteiger partial charge in [0.25, 0.3) is 0 Å². The minimum atomic E-state index is -3.96. The van der Waals surface area contributed by atoms with Crippen LogP contribution in [0.4, 0.5) is 10.1 Å². The fourth-order valence-corrected chi connectivity index (χ4v) is 4.97. The molecule has 0 heterocycles. The Morgan fingerprint density at radius 3 is 2.13 bits per heavy atom. The largest absolute Gasteiger partial charge is 0.354 e. The van der Waals surface area contributed by atoms with E-state index in [-0.39, 0.29) is 29.6 Å². The summed E-state index contributed by atoms with van der Waals surface area (Å²) in [4.78, 5) is 28.7. The van der Waals surface area contributed by atoms with Crippen molar-refractivity contribution in [3.8, 4) is 0 Å². The van der Waals surface area contributed by atoms with E-state index >= 15 is 0 Å². The molecule has 1 atom stereocenters. The van der Waals surface area contributed by atoms with Crippen molar-refractivity contribution < 1.29 is 22.4 Å². The van der Waals surface area contributed by atoms with Gasteiger partial charge in [0, 0.05) is 19.5 Å². The van der Waals surface area contributed by atoms with Gasteiger partial charge in [0.05, 0.1) is 17.0 Å².